The second kappa shape index (κ2) is 10.3. The number of nitrogens with one attached hydrogen (secondary N) is 2. The van der Waals surface area contributed by atoms with Crippen molar-refractivity contribution in [3.8, 4) is 11.4 Å². The van der Waals surface area contributed by atoms with E-state index >= 15 is 0 Å². The number of amides is 1. The first-order valence-electron chi connectivity index (χ1n) is 10.5. The smallest absolute Gasteiger partial charge is 0.227 e. The van der Waals surface area contributed by atoms with Crippen molar-refractivity contribution in [3.05, 3.63) is 71.9 Å². The van der Waals surface area contributed by atoms with Crippen molar-refractivity contribution >= 4 is 5.91 Å². The first-order chi connectivity index (χ1) is 15.2. The van der Waals surface area contributed by atoms with Gasteiger partial charge in [0.25, 0.3) is 0 Å². The van der Waals surface area contributed by atoms with Crippen LogP contribution in [-0.4, -0.2) is 48.9 Å². The first-order valence-corrected chi connectivity index (χ1v) is 10.5. The number of ether oxygens (including phenoxy) is 1. The molecule has 1 atom stereocenters. The van der Waals surface area contributed by atoms with Crippen LogP contribution in [0.2, 0.25) is 0 Å². The van der Waals surface area contributed by atoms with Gasteiger partial charge in [-0.3, -0.25) is 4.79 Å². The Hall–Kier alpha value is -3.10. The van der Waals surface area contributed by atoms with E-state index in [1.54, 1.807) is 12.1 Å². The average molecular weight is 425 g/mol. The van der Waals surface area contributed by atoms with Crippen LogP contribution in [0.5, 0.6) is 0 Å². The molecule has 2 aromatic carbocycles. The van der Waals surface area contributed by atoms with Crippen LogP contribution in [0.1, 0.15) is 23.9 Å². The van der Waals surface area contributed by atoms with Gasteiger partial charge in [-0.1, -0.05) is 35.5 Å². The Morgan fingerprint density at radius 2 is 1.84 bits per heavy atom. The maximum Gasteiger partial charge on any atom is 0.227 e. The predicted octanol–water partition coefficient (Wildman–Crippen LogP) is 1.58. The Balaban J connectivity index is 1.35. The summed E-state index contributed by atoms with van der Waals surface area (Å²) in [6.07, 6.45) is 0.582. The van der Waals surface area contributed by atoms with Crippen molar-refractivity contribution in [1.29, 1.82) is 0 Å². The average Bonchev–Trinajstić information content (AvgIpc) is 3.28. The topological polar surface area (TPSA) is 81.7 Å². The number of hydrogen-bond donors (Lipinski definition) is 2. The van der Waals surface area contributed by atoms with Crippen LogP contribution in [0, 0.1) is 5.82 Å². The van der Waals surface area contributed by atoms with Gasteiger partial charge in [-0.15, -0.1) is 0 Å². The molecule has 1 fully saturated rings. The lowest BCUT2D eigenvalue weighted by atomic mass is 10.1. The molecule has 0 bridgehead atoms. The van der Waals surface area contributed by atoms with Crippen LogP contribution in [0.15, 0.2) is 59.1 Å². The molecule has 1 saturated heterocycles. The van der Waals surface area contributed by atoms with Crippen molar-refractivity contribution in [3.63, 3.8) is 0 Å². The zero-order chi connectivity index (χ0) is 21.5. The van der Waals surface area contributed by atoms with Crippen molar-refractivity contribution in [2.45, 2.75) is 18.9 Å². The highest BCUT2D eigenvalue weighted by molar-refractivity contribution is 5.76. The minimum Gasteiger partial charge on any atom is -0.370 e. The third kappa shape index (κ3) is 5.96. The van der Waals surface area contributed by atoms with Gasteiger partial charge in [-0.25, -0.2) is 4.39 Å². The monoisotopic (exact) mass is 425 g/mol. The fourth-order valence-corrected chi connectivity index (χ4v) is 3.65. The maximum absolute atomic E-state index is 13.1. The number of carbonyl (C=O) groups excluding carboxylic acids is 1. The molecule has 31 heavy (non-hydrogen) atoms. The quantitative estimate of drug-likeness (QED) is 0.573. The first kappa shape index (κ1) is 21.1. The fourth-order valence-electron chi connectivity index (χ4n) is 3.65. The van der Waals surface area contributed by atoms with E-state index in [1.807, 2.05) is 30.3 Å². The zero-order valence-electron chi connectivity index (χ0n) is 17.2. The van der Waals surface area contributed by atoms with E-state index in [2.05, 4.69) is 15.5 Å². The second-order valence-electron chi connectivity index (χ2n) is 7.62. The largest absolute Gasteiger partial charge is 0.370 e. The molecule has 0 aliphatic carbocycles. The molecule has 8 heteroatoms. The second-order valence-corrected chi connectivity index (χ2v) is 7.62. The number of aromatic nitrogens is 2. The minimum absolute atomic E-state index is 0.0666. The van der Waals surface area contributed by atoms with Crippen molar-refractivity contribution in [1.82, 2.24) is 15.5 Å². The van der Waals surface area contributed by atoms with E-state index in [0.717, 1.165) is 38.4 Å². The molecule has 0 unspecified atom stereocenters. The zero-order valence-corrected chi connectivity index (χ0v) is 17.2. The standard InChI is InChI=1S/C23H25FN4O3/c24-19-8-6-18(7-9-19)23-26-22(31-27-23)11-10-21(29)25-20(17-4-2-1-3-5-17)16-28-12-14-30-15-13-28/h1-9,20H,10-16H2,(H,25,29)/p+1/t20-/m0/s1. The van der Waals surface area contributed by atoms with Gasteiger partial charge in [0, 0.05) is 18.4 Å². The van der Waals surface area contributed by atoms with Gasteiger partial charge in [0.2, 0.25) is 17.6 Å². The summed E-state index contributed by atoms with van der Waals surface area (Å²) in [5.41, 5.74) is 1.75. The highest BCUT2D eigenvalue weighted by atomic mass is 19.1. The van der Waals surface area contributed by atoms with E-state index in [9.17, 15) is 9.18 Å². The van der Waals surface area contributed by atoms with Gasteiger partial charge >= 0.3 is 0 Å². The summed E-state index contributed by atoms with van der Waals surface area (Å²) in [5, 5.41) is 7.09. The molecule has 162 valence electrons. The van der Waals surface area contributed by atoms with E-state index in [-0.39, 0.29) is 24.2 Å². The molecule has 2 heterocycles. The summed E-state index contributed by atoms with van der Waals surface area (Å²) in [7, 11) is 0. The SMILES string of the molecule is O=C(CCc1nc(-c2ccc(F)cc2)no1)N[C@@H](C[NH+]1CCOCC1)c1ccccc1. The summed E-state index contributed by atoms with van der Waals surface area (Å²) in [6.45, 7) is 4.19. The number of hydrogen-bond acceptors (Lipinski definition) is 5. The van der Waals surface area contributed by atoms with Crippen molar-refractivity contribution < 1.29 is 23.3 Å². The number of aryl methyl sites for hydroxylation is 1. The van der Waals surface area contributed by atoms with Gasteiger partial charge in [-0.2, -0.15) is 4.98 Å². The molecule has 1 aliphatic heterocycles. The minimum atomic E-state index is -0.323. The van der Waals surface area contributed by atoms with Crippen LogP contribution in [0.3, 0.4) is 0 Å². The maximum atomic E-state index is 13.1. The fraction of sp³-hybridized carbons (Fsp3) is 0.348. The number of benzene rings is 2. The van der Waals surface area contributed by atoms with Crippen LogP contribution < -0.4 is 10.2 Å². The molecular formula is C23H26FN4O3+. The van der Waals surface area contributed by atoms with Crippen LogP contribution >= 0.6 is 0 Å². The number of morpholine rings is 1. The van der Waals surface area contributed by atoms with Gasteiger partial charge in [0.15, 0.2) is 0 Å². The number of carbonyl (C=O) groups is 1. The van der Waals surface area contributed by atoms with Crippen molar-refractivity contribution in [2.24, 2.45) is 0 Å². The van der Waals surface area contributed by atoms with Gasteiger partial charge < -0.3 is 19.5 Å². The normalized spacial score (nSPS) is 15.5. The van der Waals surface area contributed by atoms with Gasteiger partial charge in [-0.05, 0) is 29.8 Å². The summed E-state index contributed by atoms with van der Waals surface area (Å²) >= 11 is 0. The summed E-state index contributed by atoms with van der Waals surface area (Å²) in [5.74, 6) is 0.372. The molecule has 0 saturated carbocycles. The molecule has 0 spiro atoms. The van der Waals surface area contributed by atoms with E-state index in [4.69, 9.17) is 9.26 Å². The number of halogens is 1. The molecule has 1 aromatic heterocycles. The number of nitrogens with zero attached hydrogens (tertiary/aromatic N) is 2. The van der Waals surface area contributed by atoms with E-state index in [1.165, 1.54) is 17.0 Å². The molecule has 0 radical (unpaired) electrons. The lowest BCUT2D eigenvalue weighted by Crippen LogP contribution is -3.14. The Labute approximate surface area is 180 Å². The van der Waals surface area contributed by atoms with Crippen LogP contribution in [-0.2, 0) is 16.0 Å². The van der Waals surface area contributed by atoms with Gasteiger partial charge in [0.05, 0.1) is 13.2 Å². The Bertz CT molecular complexity index is 972. The molecule has 1 aliphatic rings. The van der Waals surface area contributed by atoms with E-state index in [0.29, 0.717) is 23.7 Å². The predicted molar refractivity (Wildman–Crippen MR) is 112 cm³/mol. The Kier molecular flexibility index (Phi) is 7.01. The van der Waals surface area contributed by atoms with Crippen LogP contribution in [0.25, 0.3) is 11.4 Å². The lowest BCUT2D eigenvalue weighted by Gasteiger charge is -2.28. The molecule has 2 N–H and O–H groups in total. The Morgan fingerprint density at radius 1 is 1.10 bits per heavy atom. The van der Waals surface area contributed by atoms with E-state index < -0.39 is 0 Å². The number of quaternary nitrogens is 1. The third-order valence-electron chi connectivity index (χ3n) is 5.37. The summed E-state index contributed by atoms with van der Waals surface area (Å²) < 4.78 is 23.8. The third-order valence-corrected chi connectivity index (χ3v) is 5.37. The number of rotatable bonds is 8. The highest BCUT2D eigenvalue weighted by Crippen LogP contribution is 2.17. The molecule has 1 amide bonds. The van der Waals surface area contributed by atoms with Crippen LogP contribution in [0.4, 0.5) is 4.39 Å². The summed E-state index contributed by atoms with van der Waals surface area (Å²) in [6, 6.07) is 15.8. The highest BCUT2D eigenvalue weighted by Gasteiger charge is 2.23. The van der Waals surface area contributed by atoms with Gasteiger partial charge in [0.1, 0.15) is 31.5 Å². The molecule has 4 rings (SSSR count). The van der Waals surface area contributed by atoms with Crippen molar-refractivity contribution in [2.75, 3.05) is 32.8 Å². The molecular weight excluding hydrogens is 399 g/mol. The molecule has 7 nitrogen and oxygen atoms in total. The molecule has 3 aromatic rings. The lowest BCUT2D eigenvalue weighted by molar-refractivity contribution is -0.909. The summed E-state index contributed by atoms with van der Waals surface area (Å²) in [4.78, 5) is 18.4. The Morgan fingerprint density at radius 3 is 2.58 bits per heavy atom.